The predicted octanol–water partition coefficient (Wildman–Crippen LogP) is 3.36. The molecule has 3 heteroatoms. The summed E-state index contributed by atoms with van der Waals surface area (Å²) in [7, 11) is 0. The number of hydrogen-bond acceptors (Lipinski definition) is 2. The number of carbonyl (C=O) groups is 2. The second kappa shape index (κ2) is 6.53. The Kier molecular flexibility index (Phi) is 5.32. The van der Waals surface area contributed by atoms with Crippen LogP contribution in [-0.2, 0) is 9.59 Å². The van der Waals surface area contributed by atoms with Crippen LogP contribution < -0.4 is 0 Å². The lowest BCUT2D eigenvalue weighted by Crippen LogP contribution is -2.11. The van der Waals surface area contributed by atoms with Crippen LogP contribution in [0.3, 0.4) is 0 Å². The molecule has 0 radical (unpaired) electrons. The van der Waals surface area contributed by atoms with Gasteiger partial charge in [0.05, 0.1) is 0 Å². The van der Waals surface area contributed by atoms with Gasteiger partial charge in [0.1, 0.15) is 5.78 Å². The van der Waals surface area contributed by atoms with Crippen LogP contribution in [0.4, 0.5) is 0 Å². The van der Waals surface area contributed by atoms with Crippen LogP contribution in [0.1, 0.15) is 46.0 Å². The molecule has 0 bridgehead atoms. The molecule has 0 saturated heterocycles. The highest BCUT2D eigenvalue weighted by Crippen LogP contribution is 2.32. The van der Waals surface area contributed by atoms with Crippen molar-refractivity contribution in [2.45, 2.75) is 46.0 Å². The summed E-state index contributed by atoms with van der Waals surface area (Å²) in [5.74, 6) is -0.206. The van der Waals surface area contributed by atoms with Crippen LogP contribution in [0, 0.1) is 11.8 Å². The lowest BCUT2D eigenvalue weighted by atomic mass is 9.90. The van der Waals surface area contributed by atoms with Crippen LogP contribution >= 0.6 is 0 Å². The van der Waals surface area contributed by atoms with Crippen molar-refractivity contribution in [3.8, 4) is 0 Å². The molecule has 0 heterocycles. The van der Waals surface area contributed by atoms with Gasteiger partial charge >= 0.3 is 5.97 Å². The SMILES string of the molecule is C=C(C(=O)O)[C@H]1CC=C(CCC(C)=O)[C@@H](C)CC1. The molecule has 3 nitrogen and oxygen atoms in total. The highest BCUT2D eigenvalue weighted by Gasteiger charge is 2.22. The van der Waals surface area contributed by atoms with Gasteiger partial charge in [0.2, 0.25) is 0 Å². The summed E-state index contributed by atoms with van der Waals surface area (Å²) in [6, 6.07) is 0. The highest BCUT2D eigenvalue weighted by molar-refractivity contribution is 5.86. The molecule has 0 aromatic carbocycles. The van der Waals surface area contributed by atoms with Crippen molar-refractivity contribution in [3.63, 3.8) is 0 Å². The first-order valence-corrected chi connectivity index (χ1v) is 6.52. The third-order valence-corrected chi connectivity index (χ3v) is 3.78. The van der Waals surface area contributed by atoms with E-state index in [0.29, 0.717) is 17.9 Å². The molecule has 0 aromatic heterocycles. The summed E-state index contributed by atoms with van der Waals surface area (Å²) in [5, 5.41) is 8.97. The molecule has 2 atom stereocenters. The average Bonchev–Trinajstić information content (AvgIpc) is 2.48. The zero-order valence-electron chi connectivity index (χ0n) is 11.2. The molecule has 18 heavy (non-hydrogen) atoms. The molecule has 0 unspecified atom stereocenters. The van der Waals surface area contributed by atoms with Gasteiger partial charge in [-0.2, -0.15) is 0 Å². The van der Waals surface area contributed by atoms with Gasteiger partial charge in [0, 0.05) is 12.0 Å². The Hall–Kier alpha value is -1.38. The second-order valence-electron chi connectivity index (χ2n) is 5.22. The molecule has 0 amide bonds. The van der Waals surface area contributed by atoms with Gasteiger partial charge < -0.3 is 9.90 Å². The summed E-state index contributed by atoms with van der Waals surface area (Å²) >= 11 is 0. The van der Waals surface area contributed by atoms with E-state index in [1.54, 1.807) is 6.92 Å². The summed E-state index contributed by atoms with van der Waals surface area (Å²) in [6.45, 7) is 7.42. The molecule has 1 N–H and O–H groups in total. The number of carboxylic acids is 1. The number of Topliss-reactive ketones (excluding diaryl/α,β-unsaturated/α-hetero) is 1. The Labute approximate surface area is 109 Å². The average molecular weight is 250 g/mol. The molecule has 1 aliphatic rings. The van der Waals surface area contributed by atoms with Crippen LogP contribution in [-0.4, -0.2) is 16.9 Å². The maximum atomic E-state index is 11.0. The molecule has 0 aliphatic heterocycles. The van der Waals surface area contributed by atoms with E-state index in [1.807, 2.05) is 0 Å². The van der Waals surface area contributed by atoms with Crippen LogP contribution in [0.2, 0.25) is 0 Å². The first kappa shape index (κ1) is 14.7. The molecule has 0 fully saturated rings. The first-order valence-electron chi connectivity index (χ1n) is 6.52. The van der Waals surface area contributed by atoms with Crippen LogP contribution in [0.25, 0.3) is 0 Å². The Morgan fingerprint density at radius 1 is 1.44 bits per heavy atom. The number of ketones is 1. The molecular formula is C15H22O3. The molecule has 1 aliphatic carbocycles. The largest absolute Gasteiger partial charge is 0.478 e. The van der Waals surface area contributed by atoms with Crippen molar-refractivity contribution in [1.29, 1.82) is 0 Å². The van der Waals surface area contributed by atoms with Gasteiger partial charge in [-0.25, -0.2) is 4.79 Å². The first-order chi connectivity index (χ1) is 8.41. The van der Waals surface area contributed by atoms with Crippen molar-refractivity contribution in [3.05, 3.63) is 23.8 Å². The fourth-order valence-corrected chi connectivity index (χ4v) is 2.41. The summed E-state index contributed by atoms with van der Waals surface area (Å²) in [6.07, 6.45) is 6.10. The fourth-order valence-electron chi connectivity index (χ4n) is 2.41. The minimum atomic E-state index is -0.895. The van der Waals surface area contributed by atoms with E-state index in [-0.39, 0.29) is 11.7 Å². The normalized spacial score (nSPS) is 24.0. The molecule has 0 aromatic rings. The summed E-state index contributed by atoms with van der Waals surface area (Å²) < 4.78 is 0. The Morgan fingerprint density at radius 2 is 2.11 bits per heavy atom. The van der Waals surface area contributed by atoms with Gasteiger partial charge in [-0.3, -0.25) is 0 Å². The summed E-state index contributed by atoms with van der Waals surface area (Å²) in [5.41, 5.74) is 1.61. The molecule has 0 saturated carbocycles. The Balaban J connectivity index is 2.67. The third kappa shape index (κ3) is 4.13. The van der Waals surface area contributed by atoms with Gasteiger partial charge in [0.15, 0.2) is 0 Å². The van der Waals surface area contributed by atoms with Crippen LogP contribution in [0.15, 0.2) is 23.8 Å². The van der Waals surface area contributed by atoms with Crippen molar-refractivity contribution in [1.82, 2.24) is 0 Å². The summed E-state index contributed by atoms with van der Waals surface area (Å²) in [4.78, 5) is 21.9. The highest BCUT2D eigenvalue weighted by atomic mass is 16.4. The Bertz CT molecular complexity index is 379. The number of rotatable bonds is 5. The number of aliphatic carboxylic acids is 1. The molecule has 100 valence electrons. The van der Waals surface area contributed by atoms with Crippen LogP contribution in [0.5, 0.6) is 0 Å². The van der Waals surface area contributed by atoms with E-state index < -0.39 is 5.97 Å². The van der Waals surface area contributed by atoms with Crippen molar-refractivity contribution in [2.75, 3.05) is 0 Å². The number of hydrogen-bond donors (Lipinski definition) is 1. The molecular weight excluding hydrogens is 228 g/mol. The van der Waals surface area contributed by atoms with E-state index in [4.69, 9.17) is 5.11 Å². The van der Waals surface area contributed by atoms with Gasteiger partial charge in [0.25, 0.3) is 0 Å². The quantitative estimate of drug-likeness (QED) is 0.601. The molecule has 1 rings (SSSR count). The van der Waals surface area contributed by atoms with Crippen molar-refractivity contribution < 1.29 is 14.7 Å². The second-order valence-corrected chi connectivity index (χ2v) is 5.22. The topological polar surface area (TPSA) is 54.4 Å². The van der Waals surface area contributed by atoms with Gasteiger partial charge in [-0.05, 0) is 44.4 Å². The maximum absolute atomic E-state index is 11.0. The van der Waals surface area contributed by atoms with E-state index in [2.05, 4.69) is 19.6 Å². The third-order valence-electron chi connectivity index (χ3n) is 3.78. The number of carbonyl (C=O) groups excluding carboxylic acids is 1. The minimum absolute atomic E-state index is 0.0415. The van der Waals surface area contributed by atoms with Crippen molar-refractivity contribution in [2.24, 2.45) is 11.8 Å². The smallest absolute Gasteiger partial charge is 0.331 e. The number of carboxylic acid groups (broad SMARTS) is 1. The standard InChI is InChI=1S/C15H22O3/c1-10-4-6-14(12(3)15(17)18)9-8-13(10)7-5-11(2)16/h8,10,14H,3-7,9H2,1-2H3,(H,17,18)/t10-,14+/m0/s1. The van der Waals surface area contributed by atoms with E-state index in [9.17, 15) is 9.59 Å². The van der Waals surface area contributed by atoms with E-state index in [0.717, 1.165) is 25.7 Å². The van der Waals surface area contributed by atoms with E-state index >= 15 is 0 Å². The van der Waals surface area contributed by atoms with Crippen molar-refractivity contribution >= 4 is 11.8 Å². The predicted molar refractivity (Wildman–Crippen MR) is 71.3 cm³/mol. The lowest BCUT2D eigenvalue weighted by Gasteiger charge is -2.14. The van der Waals surface area contributed by atoms with Gasteiger partial charge in [-0.1, -0.05) is 25.2 Å². The maximum Gasteiger partial charge on any atom is 0.331 e. The van der Waals surface area contributed by atoms with Gasteiger partial charge in [-0.15, -0.1) is 0 Å². The monoisotopic (exact) mass is 250 g/mol. The fraction of sp³-hybridized carbons (Fsp3) is 0.600. The zero-order chi connectivity index (χ0) is 13.7. The molecule has 0 spiro atoms. The Morgan fingerprint density at radius 3 is 2.67 bits per heavy atom. The zero-order valence-corrected chi connectivity index (χ0v) is 11.2. The minimum Gasteiger partial charge on any atom is -0.478 e. The number of allylic oxidation sites excluding steroid dienone is 2. The lowest BCUT2D eigenvalue weighted by molar-refractivity contribution is -0.133. The van der Waals surface area contributed by atoms with E-state index in [1.165, 1.54) is 5.57 Å².